The Morgan fingerprint density at radius 3 is 2.56 bits per heavy atom. The fraction of sp³-hybridized carbons (Fsp3) is 0.611. The highest BCUT2D eigenvalue weighted by Crippen LogP contribution is 2.29. The topological polar surface area (TPSA) is 61.8 Å². The highest BCUT2D eigenvalue weighted by Gasteiger charge is 2.41. The summed E-state index contributed by atoms with van der Waals surface area (Å²) < 4.78 is 24.7. The Bertz CT molecular complexity index is 757. The average molecular weight is 430 g/mol. The molecule has 1 aliphatic rings. The van der Waals surface area contributed by atoms with Gasteiger partial charge >= 0.3 is 0 Å². The van der Waals surface area contributed by atoms with E-state index in [-0.39, 0.29) is 11.2 Å². The second-order valence-electron chi connectivity index (χ2n) is 7.76. The lowest BCUT2D eigenvalue weighted by molar-refractivity contribution is 0.349. The van der Waals surface area contributed by atoms with Crippen molar-refractivity contribution in [1.29, 1.82) is 0 Å². The summed E-state index contributed by atoms with van der Waals surface area (Å²) in [6, 6.07) is 8.20. The van der Waals surface area contributed by atoms with Gasteiger partial charge in [-0.1, -0.05) is 48.0 Å². The Balaban J connectivity index is 2.10. The molecule has 0 aliphatic carbocycles. The largest absolute Gasteiger partial charge is 0.355 e. The summed E-state index contributed by atoms with van der Waals surface area (Å²) in [6.07, 6.45) is 0. The van der Waals surface area contributed by atoms with Crippen molar-refractivity contribution < 1.29 is 8.42 Å². The number of benzene rings is 1. The minimum Gasteiger partial charge on any atom is -0.355 e. The Morgan fingerprint density at radius 2 is 2.00 bits per heavy atom. The van der Waals surface area contributed by atoms with Crippen molar-refractivity contribution in [3.8, 4) is 0 Å². The van der Waals surface area contributed by atoms with Crippen LogP contribution in [0.2, 0.25) is 0 Å². The average Bonchev–Trinajstić information content (AvgIpc) is 2.51. The number of rotatable bonds is 3. The predicted molar refractivity (Wildman–Crippen MR) is 108 cm³/mol. The molecule has 1 aromatic rings. The zero-order valence-corrected chi connectivity index (χ0v) is 18.0. The second-order valence-corrected chi connectivity index (χ2v) is 11.4. The first-order chi connectivity index (χ1) is 11.5. The highest BCUT2D eigenvalue weighted by molar-refractivity contribution is 9.10. The molecule has 0 saturated carbocycles. The van der Waals surface area contributed by atoms with Crippen LogP contribution in [0.4, 0.5) is 0 Å². The van der Waals surface area contributed by atoms with Crippen LogP contribution in [0.1, 0.15) is 33.3 Å². The van der Waals surface area contributed by atoms with Gasteiger partial charge in [-0.25, -0.2) is 8.42 Å². The summed E-state index contributed by atoms with van der Waals surface area (Å²) in [5.74, 6) is 0.914. The monoisotopic (exact) mass is 429 g/mol. The van der Waals surface area contributed by atoms with Crippen LogP contribution < -0.4 is 5.32 Å². The smallest absolute Gasteiger partial charge is 0.193 e. The third-order valence-corrected chi connectivity index (χ3v) is 8.07. The first-order valence-corrected chi connectivity index (χ1v) is 10.9. The summed E-state index contributed by atoms with van der Waals surface area (Å²) in [7, 11) is -1.32. The molecule has 7 heteroatoms. The van der Waals surface area contributed by atoms with Gasteiger partial charge in [-0.3, -0.25) is 4.99 Å². The Kier molecular flexibility index (Phi) is 5.88. The van der Waals surface area contributed by atoms with Crippen molar-refractivity contribution in [3.05, 3.63) is 34.3 Å². The van der Waals surface area contributed by atoms with Crippen LogP contribution in [0.3, 0.4) is 0 Å². The lowest BCUT2D eigenvalue weighted by Crippen LogP contribution is -2.58. The number of hydrogen-bond acceptors (Lipinski definition) is 3. The Labute approximate surface area is 160 Å². The number of nitrogens with one attached hydrogen (secondary N) is 1. The number of hydrogen-bond donors (Lipinski definition) is 1. The van der Waals surface area contributed by atoms with E-state index in [4.69, 9.17) is 0 Å². The molecular weight excluding hydrogens is 402 g/mol. The van der Waals surface area contributed by atoms with E-state index < -0.39 is 14.6 Å². The molecule has 1 N–H and O–H groups in total. The fourth-order valence-corrected chi connectivity index (χ4v) is 5.25. The van der Waals surface area contributed by atoms with Crippen LogP contribution in [0, 0.1) is 0 Å². The Morgan fingerprint density at radius 1 is 1.36 bits per heavy atom. The normalized spacial score (nSPS) is 20.4. The van der Waals surface area contributed by atoms with E-state index >= 15 is 0 Å². The Hall–Kier alpha value is -1.08. The van der Waals surface area contributed by atoms with E-state index in [9.17, 15) is 8.42 Å². The van der Waals surface area contributed by atoms with Crippen molar-refractivity contribution in [3.63, 3.8) is 0 Å². The molecular formula is C18H28BrN3O2S. The van der Waals surface area contributed by atoms with Gasteiger partial charge in [0, 0.05) is 36.6 Å². The summed E-state index contributed by atoms with van der Waals surface area (Å²) >= 11 is 3.63. The van der Waals surface area contributed by atoms with E-state index in [1.165, 1.54) is 5.56 Å². The molecule has 1 aliphatic heterocycles. The van der Waals surface area contributed by atoms with Crippen molar-refractivity contribution in [2.24, 2.45) is 4.99 Å². The molecule has 1 heterocycles. The highest BCUT2D eigenvalue weighted by atomic mass is 79.9. The number of aliphatic imine (C=N–C) groups is 1. The van der Waals surface area contributed by atoms with Gasteiger partial charge in [0.15, 0.2) is 15.8 Å². The SMILES string of the molecule is CN=C(NCC(C)(C)c1ccccc1Br)N1CCS(=O)(=O)C(C)(C)C1. The van der Waals surface area contributed by atoms with Crippen molar-refractivity contribution >= 4 is 31.7 Å². The van der Waals surface area contributed by atoms with Crippen LogP contribution in [0.5, 0.6) is 0 Å². The van der Waals surface area contributed by atoms with Gasteiger partial charge in [-0.2, -0.15) is 0 Å². The van der Waals surface area contributed by atoms with E-state index in [0.29, 0.717) is 19.6 Å². The zero-order chi connectivity index (χ0) is 18.9. The molecule has 0 amide bonds. The van der Waals surface area contributed by atoms with Gasteiger partial charge in [0.1, 0.15) is 0 Å². The van der Waals surface area contributed by atoms with Crippen molar-refractivity contribution in [2.45, 2.75) is 37.9 Å². The van der Waals surface area contributed by atoms with Crippen LogP contribution in [-0.4, -0.2) is 56.5 Å². The molecule has 0 aromatic heterocycles. The predicted octanol–water partition coefficient (Wildman–Crippen LogP) is 2.81. The maximum absolute atomic E-state index is 12.2. The summed E-state index contributed by atoms with van der Waals surface area (Å²) in [6.45, 7) is 9.55. The molecule has 1 aromatic carbocycles. The van der Waals surface area contributed by atoms with E-state index in [1.807, 2.05) is 23.1 Å². The molecule has 0 spiro atoms. The molecule has 25 heavy (non-hydrogen) atoms. The zero-order valence-electron chi connectivity index (χ0n) is 15.6. The number of nitrogens with zero attached hydrogens (tertiary/aromatic N) is 2. The third-order valence-electron chi connectivity index (χ3n) is 4.85. The van der Waals surface area contributed by atoms with Crippen LogP contribution in [0.25, 0.3) is 0 Å². The second kappa shape index (κ2) is 7.27. The maximum atomic E-state index is 12.2. The first-order valence-electron chi connectivity index (χ1n) is 8.43. The molecule has 1 saturated heterocycles. The van der Waals surface area contributed by atoms with E-state index in [1.54, 1.807) is 20.9 Å². The van der Waals surface area contributed by atoms with Crippen LogP contribution in [-0.2, 0) is 15.3 Å². The van der Waals surface area contributed by atoms with Crippen LogP contribution in [0.15, 0.2) is 33.7 Å². The molecule has 140 valence electrons. The standard InChI is InChI=1S/C18H28BrN3O2S/c1-17(2,14-8-6-7-9-15(14)19)12-21-16(20-5)22-10-11-25(23,24)18(3,4)13-22/h6-9H,10-13H2,1-5H3,(H,20,21). The van der Waals surface area contributed by atoms with Gasteiger partial charge < -0.3 is 10.2 Å². The lowest BCUT2D eigenvalue weighted by Gasteiger charge is -2.40. The summed E-state index contributed by atoms with van der Waals surface area (Å²) in [5.41, 5.74) is 1.12. The molecule has 1 fully saturated rings. The first kappa shape index (κ1) is 20.2. The molecule has 0 unspecified atom stereocenters. The van der Waals surface area contributed by atoms with Gasteiger partial charge in [0.2, 0.25) is 0 Å². The molecule has 0 atom stereocenters. The minimum atomic E-state index is -3.06. The third kappa shape index (κ3) is 4.37. The van der Waals surface area contributed by atoms with Gasteiger partial charge in [-0.15, -0.1) is 0 Å². The lowest BCUT2D eigenvalue weighted by atomic mass is 9.84. The van der Waals surface area contributed by atoms with Crippen molar-refractivity contribution in [2.75, 3.05) is 32.4 Å². The molecule has 0 radical (unpaired) electrons. The number of sulfone groups is 1. The van der Waals surface area contributed by atoms with Crippen LogP contribution >= 0.6 is 15.9 Å². The molecule has 5 nitrogen and oxygen atoms in total. The summed E-state index contributed by atoms with van der Waals surface area (Å²) in [4.78, 5) is 6.41. The van der Waals surface area contributed by atoms with Crippen molar-refractivity contribution in [1.82, 2.24) is 10.2 Å². The fourth-order valence-electron chi connectivity index (χ4n) is 3.06. The van der Waals surface area contributed by atoms with Gasteiger partial charge in [-0.05, 0) is 25.5 Å². The summed E-state index contributed by atoms with van der Waals surface area (Å²) in [5, 5.41) is 3.43. The molecule has 0 bridgehead atoms. The maximum Gasteiger partial charge on any atom is 0.193 e. The number of halogens is 1. The minimum absolute atomic E-state index is 0.104. The van der Waals surface area contributed by atoms with E-state index in [2.05, 4.69) is 46.2 Å². The molecule has 2 rings (SSSR count). The van der Waals surface area contributed by atoms with E-state index in [0.717, 1.165) is 10.4 Å². The quantitative estimate of drug-likeness (QED) is 0.592. The van der Waals surface area contributed by atoms with Gasteiger partial charge in [0.25, 0.3) is 0 Å². The number of guanidine groups is 1. The van der Waals surface area contributed by atoms with Gasteiger partial charge in [0.05, 0.1) is 10.5 Å².